The summed E-state index contributed by atoms with van der Waals surface area (Å²) in [7, 11) is 0. The smallest absolute Gasteiger partial charge is 0.251 e. The van der Waals surface area contributed by atoms with Crippen molar-refractivity contribution < 1.29 is 9.90 Å². The van der Waals surface area contributed by atoms with Crippen LogP contribution in [-0.4, -0.2) is 30.2 Å². The van der Waals surface area contributed by atoms with Gasteiger partial charge in [-0.25, -0.2) is 0 Å². The van der Waals surface area contributed by atoms with Crippen molar-refractivity contribution in [2.75, 3.05) is 18.5 Å². The SMILES string of the molecule is CCCCCC(C)Nc1ccc(C(=O)NCCO)cc1. The van der Waals surface area contributed by atoms with Gasteiger partial charge in [-0.2, -0.15) is 0 Å². The third-order valence-electron chi connectivity index (χ3n) is 3.20. The number of rotatable bonds is 9. The summed E-state index contributed by atoms with van der Waals surface area (Å²) < 4.78 is 0. The minimum absolute atomic E-state index is 0.0410. The molecule has 1 atom stereocenters. The van der Waals surface area contributed by atoms with E-state index in [4.69, 9.17) is 5.11 Å². The van der Waals surface area contributed by atoms with Crippen LogP contribution in [0.15, 0.2) is 24.3 Å². The number of amides is 1. The van der Waals surface area contributed by atoms with Gasteiger partial charge in [0.1, 0.15) is 0 Å². The third kappa shape index (κ3) is 6.06. The predicted molar refractivity (Wildman–Crippen MR) is 83.1 cm³/mol. The normalized spacial score (nSPS) is 11.9. The molecule has 112 valence electrons. The second kappa shape index (κ2) is 9.37. The van der Waals surface area contributed by atoms with Gasteiger partial charge in [-0.15, -0.1) is 0 Å². The van der Waals surface area contributed by atoms with E-state index in [0.717, 1.165) is 12.1 Å². The number of aliphatic hydroxyl groups excluding tert-OH is 1. The molecule has 1 aromatic carbocycles. The third-order valence-corrected chi connectivity index (χ3v) is 3.20. The van der Waals surface area contributed by atoms with E-state index in [9.17, 15) is 4.79 Å². The fourth-order valence-corrected chi connectivity index (χ4v) is 2.05. The van der Waals surface area contributed by atoms with Crippen molar-refractivity contribution in [3.05, 3.63) is 29.8 Å². The lowest BCUT2D eigenvalue weighted by Gasteiger charge is -2.15. The Balaban J connectivity index is 2.43. The Morgan fingerprint density at radius 3 is 2.55 bits per heavy atom. The zero-order valence-electron chi connectivity index (χ0n) is 12.5. The van der Waals surface area contributed by atoms with Crippen LogP contribution in [0.5, 0.6) is 0 Å². The molecule has 4 heteroatoms. The maximum absolute atomic E-state index is 11.7. The fraction of sp³-hybridized carbons (Fsp3) is 0.562. The van der Waals surface area contributed by atoms with Crippen LogP contribution in [0.3, 0.4) is 0 Å². The Hall–Kier alpha value is -1.55. The summed E-state index contributed by atoms with van der Waals surface area (Å²) in [4.78, 5) is 11.7. The van der Waals surface area contributed by atoms with E-state index in [1.165, 1.54) is 19.3 Å². The first-order chi connectivity index (χ1) is 9.67. The van der Waals surface area contributed by atoms with Crippen LogP contribution in [-0.2, 0) is 0 Å². The molecular formula is C16H26N2O2. The quantitative estimate of drug-likeness (QED) is 0.609. The van der Waals surface area contributed by atoms with Crippen LogP contribution in [0.2, 0.25) is 0 Å². The number of benzene rings is 1. The zero-order chi connectivity index (χ0) is 14.8. The van der Waals surface area contributed by atoms with Gasteiger partial charge < -0.3 is 15.7 Å². The van der Waals surface area contributed by atoms with Gasteiger partial charge in [-0.3, -0.25) is 4.79 Å². The minimum Gasteiger partial charge on any atom is -0.395 e. The largest absolute Gasteiger partial charge is 0.395 e. The van der Waals surface area contributed by atoms with Gasteiger partial charge in [-0.05, 0) is 37.6 Å². The topological polar surface area (TPSA) is 61.4 Å². The second-order valence-corrected chi connectivity index (χ2v) is 5.10. The lowest BCUT2D eigenvalue weighted by atomic mass is 10.1. The molecule has 1 amide bonds. The Bertz CT molecular complexity index is 390. The second-order valence-electron chi connectivity index (χ2n) is 5.10. The van der Waals surface area contributed by atoms with Crippen LogP contribution >= 0.6 is 0 Å². The molecule has 1 aromatic rings. The number of hydrogen-bond donors (Lipinski definition) is 3. The molecule has 0 fully saturated rings. The van der Waals surface area contributed by atoms with Crippen LogP contribution < -0.4 is 10.6 Å². The van der Waals surface area contributed by atoms with Gasteiger partial charge in [-0.1, -0.05) is 26.2 Å². The first kappa shape index (κ1) is 16.5. The maximum atomic E-state index is 11.7. The molecule has 3 N–H and O–H groups in total. The Morgan fingerprint density at radius 1 is 1.25 bits per heavy atom. The van der Waals surface area contributed by atoms with Crippen LogP contribution in [0.1, 0.15) is 49.9 Å². The first-order valence-corrected chi connectivity index (χ1v) is 7.43. The summed E-state index contributed by atoms with van der Waals surface area (Å²) in [6.07, 6.45) is 4.92. The molecule has 1 rings (SSSR count). The van der Waals surface area contributed by atoms with Crippen molar-refractivity contribution in [2.45, 2.75) is 45.6 Å². The molecule has 20 heavy (non-hydrogen) atoms. The van der Waals surface area contributed by atoms with Crippen molar-refractivity contribution in [1.29, 1.82) is 0 Å². The summed E-state index contributed by atoms with van der Waals surface area (Å²) in [5.41, 5.74) is 1.65. The van der Waals surface area contributed by atoms with Crippen LogP contribution in [0.4, 0.5) is 5.69 Å². The lowest BCUT2D eigenvalue weighted by molar-refractivity contribution is 0.0945. The van der Waals surface area contributed by atoms with Crippen molar-refractivity contribution in [3.8, 4) is 0 Å². The summed E-state index contributed by atoms with van der Waals surface area (Å²) >= 11 is 0. The van der Waals surface area contributed by atoms with E-state index >= 15 is 0 Å². The fourth-order valence-electron chi connectivity index (χ4n) is 2.05. The van der Waals surface area contributed by atoms with Crippen molar-refractivity contribution in [2.24, 2.45) is 0 Å². The van der Waals surface area contributed by atoms with Gasteiger partial charge >= 0.3 is 0 Å². The highest BCUT2D eigenvalue weighted by atomic mass is 16.3. The van der Waals surface area contributed by atoms with Gasteiger partial charge in [0.15, 0.2) is 0 Å². The molecule has 0 heterocycles. The molecule has 0 saturated carbocycles. The molecule has 0 aliphatic carbocycles. The van der Waals surface area contributed by atoms with Gasteiger partial charge in [0.2, 0.25) is 0 Å². The van der Waals surface area contributed by atoms with Gasteiger partial charge in [0, 0.05) is 23.8 Å². The molecule has 4 nitrogen and oxygen atoms in total. The number of hydrogen-bond acceptors (Lipinski definition) is 3. The number of aliphatic hydroxyl groups is 1. The predicted octanol–water partition coefficient (Wildman–Crippen LogP) is 2.79. The van der Waals surface area contributed by atoms with E-state index in [1.807, 2.05) is 12.1 Å². The average Bonchev–Trinajstić information content (AvgIpc) is 2.46. The molecule has 0 bridgehead atoms. The molecule has 0 spiro atoms. The Kier molecular flexibility index (Phi) is 7.73. The van der Waals surface area contributed by atoms with Gasteiger partial charge in [0.05, 0.1) is 6.61 Å². The van der Waals surface area contributed by atoms with Crippen molar-refractivity contribution in [1.82, 2.24) is 5.32 Å². The molecule has 0 aliphatic heterocycles. The molecule has 0 aromatic heterocycles. The average molecular weight is 278 g/mol. The van der Waals surface area contributed by atoms with E-state index < -0.39 is 0 Å². The zero-order valence-corrected chi connectivity index (χ0v) is 12.5. The molecule has 1 unspecified atom stereocenters. The lowest BCUT2D eigenvalue weighted by Crippen LogP contribution is -2.26. The van der Waals surface area contributed by atoms with Crippen molar-refractivity contribution >= 4 is 11.6 Å². The highest BCUT2D eigenvalue weighted by molar-refractivity contribution is 5.94. The first-order valence-electron chi connectivity index (χ1n) is 7.43. The van der Waals surface area contributed by atoms with Crippen molar-refractivity contribution in [3.63, 3.8) is 0 Å². The molecule has 0 radical (unpaired) electrons. The minimum atomic E-state index is -0.151. The molecule has 0 aliphatic rings. The number of anilines is 1. The summed E-state index contributed by atoms with van der Waals surface area (Å²) in [6.45, 7) is 4.63. The summed E-state index contributed by atoms with van der Waals surface area (Å²) in [5, 5.41) is 14.7. The number of nitrogens with one attached hydrogen (secondary N) is 2. The summed E-state index contributed by atoms with van der Waals surface area (Å²) in [5.74, 6) is -0.151. The van der Waals surface area contributed by atoms with E-state index in [-0.39, 0.29) is 19.1 Å². The Labute approximate surface area is 121 Å². The Morgan fingerprint density at radius 2 is 1.95 bits per heavy atom. The van der Waals surface area contributed by atoms with E-state index in [2.05, 4.69) is 24.5 Å². The standard InChI is InChI=1S/C16H26N2O2/c1-3-4-5-6-13(2)18-15-9-7-14(8-10-15)16(20)17-11-12-19/h7-10,13,18-19H,3-6,11-12H2,1-2H3,(H,17,20). The summed E-state index contributed by atoms with van der Waals surface area (Å²) in [6, 6.07) is 7.88. The number of carbonyl (C=O) groups excluding carboxylic acids is 1. The van der Waals surface area contributed by atoms with E-state index in [1.54, 1.807) is 12.1 Å². The number of unbranched alkanes of at least 4 members (excludes halogenated alkanes) is 2. The van der Waals surface area contributed by atoms with E-state index in [0.29, 0.717) is 11.6 Å². The highest BCUT2D eigenvalue weighted by Gasteiger charge is 2.05. The number of carbonyl (C=O) groups is 1. The van der Waals surface area contributed by atoms with Crippen LogP contribution in [0, 0.1) is 0 Å². The van der Waals surface area contributed by atoms with Gasteiger partial charge in [0.25, 0.3) is 5.91 Å². The highest BCUT2D eigenvalue weighted by Crippen LogP contribution is 2.13. The molecule has 0 saturated heterocycles. The van der Waals surface area contributed by atoms with Crippen LogP contribution in [0.25, 0.3) is 0 Å². The monoisotopic (exact) mass is 278 g/mol. The maximum Gasteiger partial charge on any atom is 0.251 e. The molecular weight excluding hydrogens is 252 g/mol.